The van der Waals surface area contributed by atoms with E-state index in [4.69, 9.17) is 33.4 Å². The van der Waals surface area contributed by atoms with Crippen molar-refractivity contribution < 1.29 is 33.2 Å². The zero-order chi connectivity index (χ0) is 25.5. The minimum atomic E-state index is -1.16. The van der Waals surface area contributed by atoms with Gasteiger partial charge in [-0.25, -0.2) is 4.79 Å². The number of hydrogen-bond acceptors (Lipinski definition) is 10. The summed E-state index contributed by atoms with van der Waals surface area (Å²) in [5, 5.41) is 0.517. The smallest absolute Gasteiger partial charge is 0.416 e. The summed E-state index contributed by atoms with van der Waals surface area (Å²) in [7, 11) is 4.78. The fourth-order valence-electron chi connectivity index (χ4n) is 3.87. The van der Waals surface area contributed by atoms with Crippen LogP contribution in [0.15, 0.2) is 16.0 Å². The van der Waals surface area contributed by atoms with Crippen molar-refractivity contribution in [3.8, 4) is 0 Å². The highest BCUT2D eigenvalue weighted by molar-refractivity contribution is 8.14. The van der Waals surface area contributed by atoms with Crippen LogP contribution < -0.4 is 0 Å². The number of hydrogen-bond donors (Lipinski definition) is 0. The first-order chi connectivity index (χ1) is 15.8. The van der Waals surface area contributed by atoms with Crippen LogP contribution in [0, 0.1) is 0 Å². The van der Waals surface area contributed by atoms with Gasteiger partial charge in [0, 0.05) is 27.0 Å². The quantitative estimate of drug-likeness (QED) is 0.531. The Hall–Kier alpha value is -0.820. The summed E-state index contributed by atoms with van der Waals surface area (Å²) in [6, 6.07) is -0.394. The zero-order valence-electron chi connectivity index (χ0n) is 21.7. The van der Waals surface area contributed by atoms with Crippen molar-refractivity contribution in [2.24, 2.45) is 4.99 Å². The van der Waals surface area contributed by atoms with Crippen LogP contribution in [-0.2, 0) is 28.4 Å². The van der Waals surface area contributed by atoms with E-state index >= 15 is 0 Å². The SMILES string of the molecule is CC=C(C)SCC1OC2SC(N(C)C(=O)OC(C)(C)C)=NC2C2OC(C)(OC)C(C)(OC)OC12. The van der Waals surface area contributed by atoms with Crippen molar-refractivity contribution in [2.45, 2.75) is 95.4 Å². The van der Waals surface area contributed by atoms with Crippen LogP contribution in [0.4, 0.5) is 4.79 Å². The molecular formula is C23H38N2O7S2. The molecule has 9 nitrogen and oxygen atoms in total. The summed E-state index contributed by atoms with van der Waals surface area (Å²) in [5.41, 5.74) is -0.948. The van der Waals surface area contributed by atoms with Gasteiger partial charge in [-0.05, 0) is 53.4 Å². The van der Waals surface area contributed by atoms with Crippen LogP contribution in [-0.4, -0.2) is 90.1 Å². The van der Waals surface area contributed by atoms with Crippen LogP contribution in [0.1, 0.15) is 48.5 Å². The Kier molecular flexibility index (Phi) is 8.39. The van der Waals surface area contributed by atoms with Crippen molar-refractivity contribution in [2.75, 3.05) is 27.0 Å². The number of amidine groups is 1. The summed E-state index contributed by atoms with van der Waals surface area (Å²) >= 11 is 3.09. The minimum absolute atomic E-state index is 0.282. The summed E-state index contributed by atoms with van der Waals surface area (Å²) in [6.45, 7) is 13.2. The summed E-state index contributed by atoms with van der Waals surface area (Å²) < 4.78 is 36.5. The lowest BCUT2D eigenvalue weighted by Crippen LogP contribution is -2.71. The van der Waals surface area contributed by atoms with Gasteiger partial charge in [0.1, 0.15) is 29.3 Å². The van der Waals surface area contributed by atoms with E-state index in [1.165, 1.54) is 21.6 Å². The lowest BCUT2D eigenvalue weighted by Gasteiger charge is -2.56. The molecule has 0 saturated carbocycles. The number of thioether (sulfide) groups is 2. The monoisotopic (exact) mass is 518 g/mol. The average Bonchev–Trinajstić information content (AvgIpc) is 3.20. The van der Waals surface area contributed by atoms with E-state index in [9.17, 15) is 4.79 Å². The Labute approximate surface area is 211 Å². The van der Waals surface area contributed by atoms with Gasteiger partial charge < -0.3 is 28.4 Å². The van der Waals surface area contributed by atoms with Gasteiger partial charge in [0.25, 0.3) is 0 Å². The van der Waals surface area contributed by atoms with E-state index in [-0.39, 0.29) is 11.5 Å². The lowest BCUT2D eigenvalue weighted by atomic mass is 9.94. The second-order valence-corrected chi connectivity index (χ2v) is 12.1. The number of ether oxygens (including phenoxy) is 6. The van der Waals surface area contributed by atoms with Gasteiger partial charge in [0.05, 0.1) is 6.10 Å². The van der Waals surface area contributed by atoms with Crippen molar-refractivity contribution in [3.63, 3.8) is 0 Å². The first kappa shape index (κ1) is 27.8. The topological polar surface area (TPSA) is 88.1 Å². The highest BCUT2D eigenvalue weighted by Gasteiger charge is 2.63. The normalized spacial score (nSPS) is 38.1. The number of nitrogens with zero attached hydrogens (tertiary/aromatic N) is 2. The van der Waals surface area contributed by atoms with Crippen LogP contribution in [0.25, 0.3) is 0 Å². The molecule has 1 amide bonds. The predicted molar refractivity (Wildman–Crippen MR) is 134 cm³/mol. The Morgan fingerprint density at radius 2 is 1.79 bits per heavy atom. The molecule has 194 valence electrons. The molecule has 0 aliphatic carbocycles. The van der Waals surface area contributed by atoms with Crippen LogP contribution >= 0.6 is 23.5 Å². The van der Waals surface area contributed by atoms with Crippen LogP contribution in [0.2, 0.25) is 0 Å². The Balaban J connectivity index is 1.90. The summed E-state index contributed by atoms with van der Waals surface area (Å²) in [4.78, 5) is 20.1. The number of aliphatic imine (C=N–C) groups is 1. The molecule has 3 rings (SSSR count). The molecule has 2 saturated heterocycles. The fraction of sp³-hybridized carbons (Fsp3) is 0.826. The predicted octanol–water partition coefficient (Wildman–Crippen LogP) is 4.22. The minimum Gasteiger partial charge on any atom is -0.443 e. The molecule has 34 heavy (non-hydrogen) atoms. The molecule has 0 N–H and O–H groups in total. The van der Waals surface area contributed by atoms with Gasteiger partial charge in [0.15, 0.2) is 5.17 Å². The number of fused-ring (bicyclic) bond motifs is 3. The molecule has 7 atom stereocenters. The van der Waals surface area contributed by atoms with Crippen molar-refractivity contribution in [1.82, 2.24) is 4.90 Å². The third-order valence-corrected chi connectivity index (χ3v) is 8.66. The Morgan fingerprint density at radius 3 is 2.32 bits per heavy atom. The number of amides is 1. The first-order valence-corrected chi connectivity index (χ1v) is 13.2. The number of carbonyl (C=O) groups is 1. The maximum absolute atomic E-state index is 12.6. The van der Waals surface area contributed by atoms with Crippen LogP contribution in [0.5, 0.6) is 0 Å². The van der Waals surface area contributed by atoms with E-state index in [1.807, 2.05) is 27.7 Å². The summed E-state index contributed by atoms with van der Waals surface area (Å²) in [5.74, 6) is -1.64. The third kappa shape index (κ3) is 5.45. The maximum atomic E-state index is 12.6. The highest BCUT2D eigenvalue weighted by atomic mass is 32.2. The molecule has 3 heterocycles. The number of rotatable bonds is 5. The largest absolute Gasteiger partial charge is 0.443 e. The molecule has 0 radical (unpaired) electrons. The van der Waals surface area contributed by atoms with Gasteiger partial charge in [-0.2, -0.15) is 0 Å². The molecule has 0 aromatic rings. The van der Waals surface area contributed by atoms with E-state index in [0.717, 1.165) is 0 Å². The molecular weight excluding hydrogens is 480 g/mol. The van der Waals surface area contributed by atoms with Crippen molar-refractivity contribution in [3.05, 3.63) is 11.0 Å². The number of methoxy groups -OCH3 is 2. The van der Waals surface area contributed by atoms with Gasteiger partial charge in [-0.1, -0.05) is 17.8 Å². The highest BCUT2D eigenvalue weighted by Crippen LogP contribution is 2.48. The van der Waals surface area contributed by atoms with Crippen molar-refractivity contribution in [1.29, 1.82) is 0 Å². The van der Waals surface area contributed by atoms with Crippen LogP contribution in [0.3, 0.4) is 0 Å². The Bertz CT molecular complexity index is 833. The molecule has 11 heteroatoms. The van der Waals surface area contributed by atoms with E-state index in [2.05, 4.69) is 13.0 Å². The summed E-state index contributed by atoms with van der Waals surface area (Å²) in [6.07, 6.45) is 0.409. The second-order valence-electron chi connectivity index (χ2n) is 9.78. The standard InChI is InChI=1S/C23H38N2O7S2/c1-11-13(2)33-12-14-16-17(31-23(7,28-10)22(6,27-9)30-16)15-18(29-14)34-19(24-15)25(8)20(26)32-21(3,4)5/h11,14-18H,12H2,1-10H3. The number of allylic oxidation sites excluding steroid dienone is 2. The van der Waals surface area contributed by atoms with E-state index in [1.54, 1.807) is 46.9 Å². The second kappa shape index (κ2) is 10.3. The lowest BCUT2D eigenvalue weighted by molar-refractivity contribution is -0.462. The molecule has 3 aliphatic heterocycles. The van der Waals surface area contributed by atoms with Gasteiger partial charge in [0.2, 0.25) is 11.6 Å². The number of carbonyl (C=O) groups excluding carboxylic acids is 1. The molecule has 0 bridgehead atoms. The van der Waals surface area contributed by atoms with Gasteiger partial charge in [-0.3, -0.25) is 9.89 Å². The molecule has 0 aromatic carbocycles. The Morgan fingerprint density at radius 1 is 1.21 bits per heavy atom. The van der Waals surface area contributed by atoms with E-state index in [0.29, 0.717) is 10.9 Å². The maximum Gasteiger partial charge on any atom is 0.416 e. The first-order valence-electron chi connectivity index (χ1n) is 11.4. The molecule has 0 spiro atoms. The molecule has 2 fully saturated rings. The van der Waals surface area contributed by atoms with Crippen molar-refractivity contribution >= 4 is 34.8 Å². The van der Waals surface area contributed by atoms with Gasteiger partial charge >= 0.3 is 6.09 Å². The zero-order valence-corrected chi connectivity index (χ0v) is 23.4. The molecule has 0 aromatic heterocycles. The average molecular weight is 519 g/mol. The van der Waals surface area contributed by atoms with E-state index < -0.39 is 41.5 Å². The fourth-order valence-corrected chi connectivity index (χ4v) is 5.91. The van der Waals surface area contributed by atoms with Gasteiger partial charge in [-0.15, -0.1) is 11.8 Å². The third-order valence-electron chi connectivity index (χ3n) is 6.26. The molecule has 7 unspecified atom stereocenters. The molecule has 3 aliphatic rings.